The van der Waals surface area contributed by atoms with Crippen LogP contribution in [0.15, 0.2) is 224 Å². The van der Waals surface area contributed by atoms with Crippen molar-refractivity contribution in [3.05, 3.63) is 230 Å². The van der Waals surface area contributed by atoms with E-state index < -0.39 is 0 Å². The van der Waals surface area contributed by atoms with E-state index in [1.807, 2.05) is 0 Å². The van der Waals surface area contributed by atoms with Gasteiger partial charge in [-0.15, -0.1) is 11.3 Å². The van der Waals surface area contributed by atoms with Crippen molar-refractivity contribution in [3.8, 4) is 62.0 Å². The summed E-state index contributed by atoms with van der Waals surface area (Å²) in [5, 5.41) is 17.9. The Balaban J connectivity index is 1.19. The number of benzene rings is 10. The molecule has 0 bridgehead atoms. The van der Waals surface area contributed by atoms with E-state index in [-0.39, 0.29) is 0 Å². The van der Waals surface area contributed by atoms with Crippen LogP contribution in [0.25, 0.3) is 120 Å². The van der Waals surface area contributed by atoms with E-state index in [0.717, 1.165) is 75.5 Å². The van der Waals surface area contributed by atoms with Gasteiger partial charge < -0.3 is 9.13 Å². The SMILES string of the molecule is N#Cc1cc(-n2c3ccc(-c4ccccc4)cc3c3cc(-c4ccccc4)ccc32)c(-n2c3ccc(-c4ccccc4)cc3c3cc(-c4ccccc4)ccc32)c2sc3ccccc3c12. The van der Waals surface area contributed by atoms with Crippen LogP contribution in [0.2, 0.25) is 0 Å². The molecule has 302 valence electrons. The largest absolute Gasteiger partial charge is 0.307 e. The second-order valence-electron chi connectivity index (χ2n) is 16.8. The highest BCUT2D eigenvalue weighted by atomic mass is 32.1. The summed E-state index contributed by atoms with van der Waals surface area (Å²) in [4.78, 5) is 0. The van der Waals surface area contributed by atoms with Gasteiger partial charge in [0.1, 0.15) is 0 Å². The molecule has 0 fully saturated rings. The van der Waals surface area contributed by atoms with E-state index >= 15 is 0 Å². The Labute approximate surface area is 379 Å². The fraction of sp³-hybridized carbons (Fsp3) is 0. The summed E-state index contributed by atoms with van der Waals surface area (Å²) in [6, 6.07) is 83.5. The van der Waals surface area contributed by atoms with Gasteiger partial charge in [0.25, 0.3) is 0 Å². The summed E-state index contributed by atoms with van der Waals surface area (Å²) >= 11 is 1.77. The number of nitriles is 1. The average Bonchev–Trinajstić information content (AvgIpc) is 4.04. The number of fused-ring (bicyclic) bond motifs is 9. The highest BCUT2D eigenvalue weighted by Crippen LogP contribution is 2.48. The highest BCUT2D eigenvalue weighted by Gasteiger charge is 2.26. The predicted molar refractivity (Wildman–Crippen MR) is 274 cm³/mol. The zero-order chi connectivity index (χ0) is 43.0. The zero-order valence-corrected chi connectivity index (χ0v) is 35.9. The summed E-state index contributed by atoms with van der Waals surface area (Å²) in [5.41, 5.74) is 16.4. The number of nitrogens with zero attached hydrogens (tertiary/aromatic N) is 3. The van der Waals surface area contributed by atoms with Gasteiger partial charge in [-0.1, -0.05) is 164 Å². The molecule has 0 radical (unpaired) electrons. The lowest BCUT2D eigenvalue weighted by molar-refractivity contribution is 1.11. The minimum atomic E-state index is 0.659. The van der Waals surface area contributed by atoms with Crippen LogP contribution in [0.4, 0.5) is 0 Å². The van der Waals surface area contributed by atoms with Crippen LogP contribution < -0.4 is 0 Å². The van der Waals surface area contributed by atoms with Crippen LogP contribution >= 0.6 is 11.3 Å². The standard InChI is InChI=1S/C61H37N3S/c62-38-47-37-57(63-53-29-25-43(39-15-5-1-6-16-39)33-49(53)50-34-44(26-30-54(50)63)40-17-7-2-8-18-40)60(61-59(47)48-23-13-14-24-58(48)65-61)64-55-31-27-45(41-19-9-3-10-20-41)35-51(55)52-36-46(28-32-56(52)64)42-21-11-4-12-22-42/h1-37H. The normalized spacial score (nSPS) is 11.7. The van der Waals surface area contributed by atoms with Gasteiger partial charge in [-0.25, -0.2) is 0 Å². The molecule has 0 aliphatic heterocycles. The molecule has 0 spiro atoms. The van der Waals surface area contributed by atoms with Crippen molar-refractivity contribution < 1.29 is 0 Å². The van der Waals surface area contributed by atoms with E-state index in [1.54, 1.807) is 11.3 Å². The van der Waals surface area contributed by atoms with Gasteiger partial charge in [0.15, 0.2) is 0 Å². The van der Waals surface area contributed by atoms with Crippen molar-refractivity contribution in [1.82, 2.24) is 9.13 Å². The van der Waals surface area contributed by atoms with E-state index in [2.05, 4.69) is 240 Å². The topological polar surface area (TPSA) is 33.6 Å². The predicted octanol–water partition coefficient (Wildman–Crippen LogP) is 16.8. The molecule has 3 nitrogen and oxygen atoms in total. The lowest BCUT2D eigenvalue weighted by atomic mass is 10.0. The molecule has 13 rings (SSSR count). The van der Waals surface area contributed by atoms with Crippen molar-refractivity contribution in [1.29, 1.82) is 5.26 Å². The molecule has 3 heterocycles. The van der Waals surface area contributed by atoms with Gasteiger partial charge in [-0.3, -0.25) is 0 Å². The van der Waals surface area contributed by atoms with Crippen molar-refractivity contribution in [2.45, 2.75) is 0 Å². The van der Waals surface area contributed by atoms with Crippen molar-refractivity contribution in [3.63, 3.8) is 0 Å². The van der Waals surface area contributed by atoms with Crippen LogP contribution in [0.1, 0.15) is 5.56 Å². The Morgan fingerprint density at radius 1 is 0.338 bits per heavy atom. The third-order valence-corrected chi connectivity index (χ3v) is 14.3. The summed E-state index contributed by atoms with van der Waals surface area (Å²) < 4.78 is 7.13. The smallest absolute Gasteiger partial charge is 0.0999 e. The third kappa shape index (κ3) is 5.87. The van der Waals surface area contributed by atoms with E-state index in [9.17, 15) is 5.26 Å². The maximum Gasteiger partial charge on any atom is 0.0999 e. The van der Waals surface area contributed by atoms with Gasteiger partial charge in [-0.2, -0.15) is 5.26 Å². The quantitative estimate of drug-likeness (QED) is 0.164. The summed E-state index contributed by atoms with van der Waals surface area (Å²) in [5.74, 6) is 0. The van der Waals surface area contributed by atoms with E-state index in [0.29, 0.717) is 5.56 Å². The molecule has 0 N–H and O–H groups in total. The minimum Gasteiger partial charge on any atom is -0.307 e. The van der Waals surface area contributed by atoms with Crippen molar-refractivity contribution in [2.24, 2.45) is 0 Å². The molecule has 0 aliphatic rings. The van der Waals surface area contributed by atoms with Crippen molar-refractivity contribution in [2.75, 3.05) is 0 Å². The number of hydrogen-bond donors (Lipinski definition) is 0. The molecule has 0 saturated carbocycles. The monoisotopic (exact) mass is 843 g/mol. The third-order valence-electron chi connectivity index (χ3n) is 13.1. The van der Waals surface area contributed by atoms with E-state index in [4.69, 9.17) is 0 Å². The summed E-state index contributed by atoms with van der Waals surface area (Å²) in [7, 11) is 0. The number of aromatic nitrogens is 2. The molecule has 65 heavy (non-hydrogen) atoms. The fourth-order valence-corrected chi connectivity index (χ4v) is 11.4. The minimum absolute atomic E-state index is 0.659. The highest BCUT2D eigenvalue weighted by molar-refractivity contribution is 7.26. The molecule has 4 heteroatoms. The molecule has 10 aromatic carbocycles. The van der Waals surface area contributed by atoms with Crippen LogP contribution in [0.3, 0.4) is 0 Å². The molecule has 0 unspecified atom stereocenters. The van der Waals surface area contributed by atoms with Crippen molar-refractivity contribution >= 4 is 75.1 Å². The lowest BCUT2D eigenvalue weighted by Gasteiger charge is -2.19. The van der Waals surface area contributed by atoms with Gasteiger partial charge >= 0.3 is 0 Å². The molecular weight excluding hydrogens is 807 g/mol. The Morgan fingerprint density at radius 2 is 0.708 bits per heavy atom. The van der Waals surface area contributed by atoms with Gasteiger partial charge in [0, 0.05) is 37.0 Å². The Bertz CT molecular complexity index is 3850. The first-order chi connectivity index (χ1) is 32.2. The Hall–Kier alpha value is -8.49. The maximum absolute atomic E-state index is 11.2. The first kappa shape index (κ1) is 37.1. The number of hydrogen-bond acceptors (Lipinski definition) is 2. The Morgan fingerprint density at radius 3 is 1.11 bits per heavy atom. The molecule has 0 saturated heterocycles. The fourth-order valence-electron chi connectivity index (χ4n) is 10.1. The lowest BCUT2D eigenvalue weighted by Crippen LogP contribution is -2.05. The molecule has 0 amide bonds. The molecule has 0 aliphatic carbocycles. The summed E-state index contributed by atoms with van der Waals surface area (Å²) in [6.45, 7) is 0. The Kier molecular flexibility index (Phi) is 8.46. The first-order valence-electron chi connectivity index (χ1n) is 22.0. The van der Waals surface area contributed by atoms with E-state index in [1.165, 1.54) is 44.2 Å². The van der Waals surface area contributed by atoms with Crippen LogP contribution in [0, 0.1) is 11.3 Å². The average molecular weight is 844 g/mol. The van der Waals surface area contributed by atoms with Gasteiger partial charge in [-0.05, 0) is 105 Å². The molecule has 3 aromatic heterocycles. The maximum atomic E-state index is 11.2. The number of thiophene rings is 1. The molecule has 0 atom stereocenters. The van der Waals surface area contributed by atoms with Crippen LogP contribution in [-0.4, -0.2) is 9.13 Å². The molecular formula is C61H37N3S. The molecule has 13 aromatic rings. The second kappa shape index (κ2) is 14.8. The van der Waals surface area contributed by atoms with Crippen LogP contribution in [-0.2, 0) is 0 Å². The first-order valence-corrected chi connectivity index (χ1v) is 22.8. The number of rotatable bonds is 6. The summed E-state index contributed by atoms with van der Waals surface area (Å²) in [6.07, 6.45) is 0. The zero-order valence-electron chi connectivity index (χ0n) is 35.1. The second-order valence-corrected chi connectivity index (χ2v) is 17.8. The van der Waals surface area contributed by atoms with Crippen LogP contribution in [0.5, 0.6) is 0 Å². The van der Waals surface area contributed by atoms with Gasteiger partial charge in [0.05, 0.1) is 49.8 Å². The van der Waals surface area contributed by atoms with Gasteiger partial charge in [0.2, 0.25) is 0 Å².